The van der Waals surface area contributed by atoms with Crippen molar-refractivity contribution >= 4 is 28.1 Å². The Bertz CT molecular complexity index is 597. The molecule has 1 fully saturated rings. The number of thiazole rings is 1. The van der Waals surface area contributed by atoms with Crippen molar-refractivity contribution in [3.05, 3.63) is 41.4 Å². The third-order valence-electron chi connectivity index (χ3n) is 3.51. The molecule has 2 aromatic rings. The van der Waals surface area contributed by atoms with E-state index in [1.54, 1.807) is 17.5 Å². The molecule has 1 aliphatic heterocycles. The molecule has 104 valence electrons. The van der Waals surface area contributed by atoms with Gasteiger partial charge in [-0.1, -0.05) is 12.1 Å². The average Bonchev–Trinajstić information content (AvgIpc) is 3.09. The molecule has 0 aliphatic carbocycles. The number of aryl methyl sites for hydroxylation is 1. The summed E-state index contributed by atoms with van der Waals surface area (Å²) in [4.78, 5) is 18.9. The summed E-state index contributed by atoms with van der Waals surface area (Å²) in [7, 11) is 0. The van der Waals surface area contributed by atoms with E-state index >= 15 is 0 Å². The van der Waals surface area contributed by atoms with Gasteiger partial charge in [0.1, 0.15) is 6.04 Å². The second kappa shape index (κ2) is 5.63. The molecule has 4 nitrogen and oxygen atoms in total. The third-order valence-corrected chi connectivity index (χ3v) is 4.31. The molecule has 1 aliphatic rings. The van der Waals surface area contributed by atoms with Crippen molar-refractivity contribution in [3.63, 3.8) is 0 Å². The van der Waals surface area contributed by atoms with Gasteiger partial charge in [-0.15, -0.1) is 11.3 Å². The third kappa shape index (κ3) is 2.67. The second-order valence-electron chi connectivity index (χ2n) is 5.02. The zero-order valence-electron chi connectivity index (χ0n) is 11.4. The standard InChI is InChI=1S/C15H17N3OS/c1-11-4-2-5-12(10-11)17-14(19)13-6-3-8-18(13)15-16-7-9-20-15/h2,4-5,7,9-10,13H,3,6,8H2,1H3,(H,17,19). The molecule has 2 heterocycles. The maximum absolute atomic E-state index is 12.5. The van der Waals surface area contributed by atoms with E-state index in [1.165, 1.54) is 0 Å². The number of benzene rings is 1. The molecule has 0 saturated carbocycles. The van der Waals surface area contributed by atoms with Crippen LogP contribution in [-0.2, 0) is 4.79 Å². The van der Waals surface area contributed by atoms with Crippen LogP contribution in [0.3, 0.4) is 0 Å². The molecular weight excluding hydrogens is 270 g/mol. The van der Waals surface area contributed by atoms with Crippen LogP contribution in [0.2, 0.25) is 0 Å². The van der Waals surface area contributed by atoms with E-state index < -0.39 is 0 Å². The van der Waals surface area contributed by atoms with Crippen molar-refractivity contribution in [2.75, 3.05) is 16.8 Å². The molecule has 1 unspecified atom stereocenters. The Balaban J connectivity index is 1.73. The van der Waals surface area contributed by atoms with E-state index in [-0.39, 0.29) is 11.9 Å². The van der Waals surface area contributed by atoms with Crippen LogP contribution in [0.25, 0.3) is 0 Å². The molecule has 1 atom stereocenters. The van der Waals surface area contributed by atoms with E-state index in [0.717, 1.165) is 35.8 Å². The fourth-order valence-electron chi connectivity index (χ4n) is 2.57. The lowest BCUT2D eigenvalue weighted by atomic mass is 10.2. The van der Waals surface area contributed by atoms with Crippen LogP contribution in [0.4, 0.5) is 10.8 Å². The highest BCUT2D eigenvalue weighted by Gasteiger charge is 2.32. The Morgan fingerprint density at radius 2 is 2.40 bits per heavy atom. The maximum atomic E-state index is 12.5. The highest BCUT2D eigenvalue weighted by Crippen LogP contribution is 2.28. The van der Waals surface area contributed by atoms with Crippen molar-refractivity contribution in [3.8, 4) is 0 Å². The van der Waals surface area contributed by atoms with Crippen molar-refractivity contribution < 1.29 is 4.79 Å². The molecule has 1 N–H and O–H groups in total. The molecule has 5 heteroatoms. The summed E-state index contributed by atoms with van der Waals surface area (Å²) in [6, 6.07) is 7.78. The van der Waals surface area contributed by atoms with Gasteiger partial charge >= 0.3 is 0 Å². The van der Waals surface area contributed by atoms with Crippen LogP contribution in [-0.4, -0.2) is 23.5 Å². The zero-order valence-corrected chi connectivity index (χ0v) is 12.2. The topological polar surface area (TPSA) is 45.2 Å². The molecule has 3 rings (SSSR count). The van der Waals surface area contributed by atoms with Gasteiger partial charge < -0.3 is 10.2 Å². The summed E-state index contributed by atoms with van der Waals surface area (Å²) >= 11 is 1.58. The number of hydrogen-bond acceptors (Lipinski definition) is 4. The van der Waals surface area contributed by atoms with E-state index in [4.69, 9.17) is 0 Å². The van der Waals surface area contributed by atoms with Crippen LogP contribution in [0, 0.1) is 6.92 Å². The number of hydrogen-bond donors (Lipinski definition) is 1. The number of rotatable bonds is 3. The van der Waals surface area contributed by atoms with Gasteiger partial charge in [-0.25, -0.2) is 4.98 Å². The predicted octanol–water partition coefficient (Wildman–Crippen LogP) is 3.06. The fraction of sp³-hybridized carbons (Fsp3) is 0.333. The quantitative estimate of drug-likeness (QED) is 0.943. The lowest BCUT2D eigenvalue weighted by Crippen LogP contribution is -2.39. The number of aromatic nitrogens is 1. The van der Waals surface area contributed by atoms with E-state index in [0.29, 0.717) is 0 Å². The zero-order chi connectivity index (χ0) is 13.9. The Morgan fingerprint density at radius 3 is 3.15 bits per heavy atom. The highest BCUT2D eigenvalue weighted by atomic mass is 32.1. The number of carbonyl (C=O) groups excluding carboxylic acids is 1. The Kier molecular flexibility index (Phi) is 3.69. The molecule has 20 heavy (non-hydrogen) atoms. The minimum Gasteiger partial charge on any atom is -0.336 e. The van der Waals surface area contributed by atoms with Gasteiger partial charge in [-0.05, 0) is 37.5 Å². The lowest BCUT2D eigenvalue weighted by molar-refractivity contribution is -0.117. The van der Waals surface area contributed by atoms with Crippen LogP contribution in [0.1, 0.15) is 18.4 Å². The summed E-state index contributed by atoms with van der Waals surface area (Å²) in [5.41, 5.74) is 2.01. The average molecular weight is 287 g/mol. The van der Waals surface area contributed by atoms with Gasteiger partial charge in [0.2, 0.25) is 5.91 Å². The number of anilines is 2. The number of nitrogens with one attached hydrogen (secondary N) is 1. The smallest absolute Gasteiger partial charge is 0.247 e. The molecule has 1 aromatic carbocycles. The monoisotopic (exact) mass is 287 g/mol. The number of carbonyl (C=O) groups is 1. The van der Waals surface area contributed by atoms with Crippen LogP contribution >= 0.6 is 11.3 Å². The van der Waals surface area contributed by atoms with Gasteiger partial charge in [-0.2, -0.15) is 0 Å². The van der Waals surface area contributed by atoms with Gasteiger partial charge in [-0.3, -0.25) is 4.79 Å². The molecular formula is C15H17N3OS. The Morgan fingerprint density at radius 1 is 1.50 bits per heavy atom. The molecule has 0 radical (unpaired) electrons. The first kappa shape index (κ1) is 13.1. The summed E-state index contributed by atoms with van der Waals surface area (Å²) in [5, 5.41) is 5.90. The minimum absolute atomic E-state index is 0.0586. The Hall–Kier alpha value is -1.88. The summed E-state index contributed by atoms with van der Waals surface area (Å²) in [6.07, 6.45) is 3.70. The first-order chi connectivity index (χ1) is 9.74. The predicted molar refractivity (Wildman–Crippen MR) is 82.3 cm³/mol. The van der Waals surface area contributed by atoms with E-state index in [1.807, 2.05) is 36.6 Å². The molecule has 0 spiro atoms. The van der Waals surface area contributed by atoms with Crippen molar-refractivity contribution in [2.45, 2.75) is 25.8 Å². The summed E-state index contributed by atoms with van der Waals surface area (Å²) in [6.45, 7) is 2.92. The lowest BCUT2D eigenvalue weighted by Gasteiger charge is -2.23. The Labute approximate surface area is 122 Å². The van der Waals surface area contributed by atoms with Crippen molar-refractivity contribution in [1.29, 1.82) is 0 Å². The molecule has 1 aromatic heterocycles. The van der Waals surface area contributed by atoms with Crippen LogP contribution in [0.5, 0.6) is 0 Å². The molecule has 0 bridgehead atoms. The number of nitrogens with zero attached hydrogens (tertiary/aromatic N) is 2. The second-order valence-corrected chi connectivity index (χ2v) is 5.90. The van der Waals surface area contributed by atoms with Crippen LogP contribution in [0.15, 0.2) is 35.8 Å². The number of amides is 1. The summed E-state index contributed by atoms with van der Waals surface area (Å²) < 4.78 is 0. The fourth-order valence-corrected chi connectivity index (χ4v) is 3.29. The van der Waals surface area contributed by atoms with Gasteiger partial charge in [0.25, 0.3) is 0 Å². The van der Waals surface area contributed by atoms with E-state index in [9.17, 15) is 4.79 Å². The van der Waals surface area contributed by atoms with Gasteiger partial charge in [0.05, 0.1) is 0 Å². The van der Waals surface area contributed by atoms with Gasteiger partial charge in [0, 0.05) is 23.8 Å². The van der Waals surface area contributed by atoms with Crippen molar-refractivity contribution in [1.82, 2.24) is 4.98 Å². The summed E-state index contributed by atoms with van der Waals surface area (Å²) in [5.74, 6) is 0.0586. The first-order valence-electron chi connectivity index (χ1n) is 6.78. The molecule has 1 amide bonds. The first-order valence-corrected chi connectivity index (χ1v) is 7.66. The minimum atomic E-state index is -0.110. The largest absolute Gasteiger partial charge is 0.336 e. The maximum Gasteiger partial charge on any atom is 0.247 e. The molecule has 1 saturated heterocycles. The van der Waals surface area contributed by atoms with Gasteiger partial charge in [0.15, 0.2) is 5.13 Å². The van der Waals surface area contributed by atoms with E-state index in [2.05, 4.69) is 15.2 Å². The SMILES string of the molecule is Cc1cccc(NC(=O)C2CCCN2c2nccs2)c1. The van der Waals surface area contributed by atoms with Crippen molar-refractivity contribution in [2.24, 2.45) is 0 Å². The highest BCUT2D eigenvalue weighted by molar-refractivity contribution is 7.13. The van der Waals surface area contributed by atoms with Crippen LogP contribution < -0.4 is 10.2 Å². The normalized spacial score (nSPS) is 18.2.